The molecule has 0 radical (unpaired) electrons. The van der Waals surface area contributed by atoms with E-state index < -0.39 is 0 Å². The number of nitrogens with zero attached hydrogens (tertiary/aromatic N) is 1. The van der Waals surface area contributed by atoms with Gasteiger partial charge in [-0.3, -0.25) is 0 Å². The first-order chi connectivity index (χ1) is 8.22. The fourth-order valence-electron chi connectivity index (χ4n) is 2.97. The van der Waals surface area contributed by atoms with Gasteiger partial charge in [-0.15, -0.1) is 0 Å². The van der Waals surface area contributed by atoms with Crippen molar-refractivity contribution in [3.05, 3.63) is 29.5 Å². The Kier molecular flexibility index (Phi) is 2.37. The Morgan fingerprint density at radius 1 is 1.41 bits per heavy atom. The number of nitrogens with one attached hydrogen (secondary N) is 1. The SMILES string of the molecule is COc1ccc2c(c1)c1c(n2C)C(C)CNC1. The van der Waals surface area contributed by atoms with Gasteiger partial charge in [-0.1, -0.05) is 6.92 Å². The van der Waals surface area contributed by atoms with Gasteiger partial charge in [0.1, 0.15) is 5.75 Å². The van der Waals surface area contributed by atoms with E-state index in [1.165, 1.54) is 22.2 Å². The van der Waals surface area contributed by atoms with Crippen molar-refractivity contribution >= 4 is 10.9 Å². The number of benzene rings is 1. The number of methoxy groups -OCH3 is 1. The minimum atomic E-state index is 0.571. The molecule has 1 aromatic carbocycles. The summed E-state index contributed by atoms with van der Waals surface area (Å²) in [6, 6.07) is 6.33. The third kappa shape index (κ3) is 1.46. The average molecular weight is 230 g/mol. The number of aromatic nitrogens is 1. The molecule has 0 amide bonds. The number of rotatable bonds is 1. The maximum atomic E-state index is 5.32. The summed E-state index contributed by atoms with van der Waals surface area (Å²) in [5, 5.41) is 4.80. The van der Waals surface area contributed by atoms with Crippen LogP contribution in [0.3, 0.4) is 0 Å². The van der Waals surface area contributed by atoms with Gasteiger partial charge < -0.3 is 14.6 Å². The van der Waals surface area contributed by atoms with Gasteiger partial charge in [0, 0.05) is 42.7 Å². The molecule has 0 fully saturated rings. The van der Waals surface area contributed by atoms with Crippen molar-refractivity contribution in [2.75, 3.05) is 13.7 Å². The maximum absolute atomic E-state index is 5.32. The molecule has 1 aliphatic rings. The molecule has 1 unspecified atom stereocenters. The summed E-state index contributed by atoms with van der Waals surface area (Å²) in [6.07, 6.45) is 0. The molecule has 0 spiro atoms. The quantitative estimate of drug-likeness (QED) is 0.814. The van der Waals surface area contributed by atoms with Gasteiger partial charge in [-0.2, -0.15) is 0 Å². The second-order valence-electron chi connectivity index (χ2n) is 4.84. The molecule has 90 valence electrons. The number of ether oxygens (including phenoxy) is 1. The van der Waals surface area contributed by atoms with Crippen molar-refractivity contribution in [2.24, 2.45) is 7.05 Å². The molecule has 0 aliphatic carbocycles. The van der Waals surface area contributed by atoms with Crippen LogP contribution in [0.25, 0.3) is 10.9 Å². The Labute approximate surface area is 101 Å². The van der Waals surface area contributed by atoms with Gasteiger partial charge >= 0.3 is 0 Å². The molecule has 0 saturated heterocycles. The van der Waals surface area contributed by atoms with Crippen LogP contribution in [0.2, 0.25) is 0 Å². The van der Waals surface area contributed by atoms with E-state index >= 15 is 0 Å². The highest BCUT2D eigenvalue weighted by atomic mass is 16.5. The largest absolute Gasteiger partial charge is 0.497 e. The minimum absolute atomic E-state index is 0.571. The summed E-state index contributed by atoms with van der Waals surface area (Å²) < 4.78 is 7.65. The molecular formula is C14H18N2O. The monoisotopic (exact) mass is 230 g/mol. The van der Waals surface area contributed by atoms with Crippen LogP contribution in [-0.4, -0.2) is 18.2 Å². The highest BCUT2D eigenvalue weighted by Gasteiger charge is 2.23. The number of hydrogen-bond donors (Lipinski definition) is 1. The van der Waals surface area contributed by atoms with Crippen LogP contribution < -0.4 is 10.1 Å². The standard InChI is InChI=1S/C14H18N2O/c1-9-7-15-8-12-11-6-10(17-3)4-5-13(11)16(2)14(9)12/h4-6,9,15H,7-8H2,1-3H3. The number of aryl methyl sites for hydroxylation is 1. The van der Waals surface area contributed by atoms with Crippen LogP contribution in [-0.2, 0) is 13.6 Å². The van der Waals surface area contributed by atoms with Gasteiger partial charge in [-0.25, -0.2) is 0 Å². The van der Waals surface area contributed by atoms with E-state index in [1.54, 1.807) is 7.11 Å². The lowest BCUT2D eigenvalue weighted by Crippen LogP contribution is -2.27. The van der Waals surface area contributed by atoms with Crippen LogP contribution in [0.4, 0.5) is 0 Å². The summed E-state index contributed by atoms with van der Waals surface area (Å²) in [4.78, 5) is 0. The highest BCUT2D eigenvalue weighted by molar-refractivity contribution is 5.87. The molecule has 3 nitrogen and oxygen atoms in total. The second kappa shape index (κ2) is 3.77. The van der Waals surface area contributed by atoms with E-state index in [4.69, 9.17) is 4.74 Å². The highest BCUT2D eigenvalue weighted by Crippen LogP contribution is 2.34. The Morgan fingerprint density at radius 3 is 3.00 bits per heavy atom. The molecule has 1 N–H and O–H groups in total. The van der Waals surface area contributed by atoms with Gasteiger partial charge in [0.15, 0.2) is 0 Å². The van der Waals surface area contributed by atoms with E-state index in [9.17, 15) is 0 Å². The topological polar surface area (TPSA) is 26.2 Å². The van der Waals surface area contributed by atoms with Gasteiger partial charge in [-0.05, 0) is 23.8 Å². The lowest BCUT2D eigenvalue weighted by atomic mass is 9.98. The van der Waals surface area contributed by atoms with Crippen molar-refractivity contribution in [1.29, 1.82) is 0 Å². The van der Waals surface area contributed by atoms with E-state index in [0.29, 0.717) is 5.92 Å². The van der Waals surface area contributed by atoms with Crippen molar-refractivity contribution in [1.82, 2.24) is 9.88 Å². The Bertz CT molecular complexity index is 571. The Balaban J connectivity index is 2.32. The van der Waals surface area contributed by atoms with Gasteiger partial charge in [0.25, 0.3) is 0 Å². The zero-order valence-corrected chi connectivity index (χ0v) is 10.6. The van der Waals surface area contributed by atoms with Crippen molar-refractivity contribution in [3.8, 4) is 5.75 Å². The predicted octanol–water partition coefficient (Wildman–Crippen LogP) is 2.39. The molecule has 2 aromatic rings. The Morgan fingerprint density at radius 2 is 2.24 bits per heavy atom. The molecule has 2 heterocycles. The van der Waals surface area contributed by atoms with Gasteiger partial charge in [0.05, 0.1) is 7.11 Å². The molecule has 0 saturated carbocycles. The second-order valence-corrected chi connectivity index (χ2v) is 4.84. The summed E-state index contributed by atoms with van der Waals surface area (Å²) in [5.41, 5.74) is 4.19. The van der Waals surface area contributed by atoms with E-state index in [0.717, 1.165) is 18.8 Å². The van der Waals surface area contributed by atoms with Crippen LogP contribution in [0, 0.1) is 0 Å². The first-order valence-corrected chi connectivity index (χ1v) is 6.08. The fraction of sp³-hybridized carbons (Fsp3) is 0.429. The first kappa shape index (κ1) is 10.7. The lowest BCUT2D eigenvalue weighted by Gasteiger charge is -2.22. The van der Waals surface area contributed by atoms with Crippen LogP contribution in [0.15, 0.2) is 18.2 Å². The first-order valence-electron chi connectivity index (χ1n) is 6.08. The van der Waals surface area contributed by atoms with E-state index in [2.05, 4.69) is 36.0 Å². The zero-order valence-electron chi connectivity index (χ0n) is 10.6. The molecule has 1 aromatic heterocycles. The van der Waals surface area contributed by atoms with Crippen LogP contribution >= 0.6 is 0 Å². The minimum Gasteiger partial charge on any atom is -0.497 e. The average Bonchev–Trinajstić information content (AvgIpc) is 2.64. The Hall–Kier alpha value is -1.48. The maximum Gasteiger partial charge on any atom is 0.119 e. The molecule has 17 heavy (non-hydrogen) atoms. The zero-order chi connectivity index (χ0) is 12.0. The van der Waals surface area contributed by atoms with E-state index in [1.807, 2.05) is 6.07 Å². The fourth-order valence-corrected chi connectivity index (χ4v) is 2.97. The summed E-state index contributed by atoms with van der Waals surface area (Å²) in [7, 11) is 3.88. The number of hydrogen-bond acceptors (Lipinski definition) is 2. The van der Waals surface area contributed by atoms with Gasteiger partial charge in [0.2, 0.25) is 0 Å². The molecular weight excluding hydrogens is 212 g/mol. The molecule has 3 rings (SSSR count). The van der Waals surface area contributed by atoms with Crippen molar-refractivity contribution in [2.45, 2.75) is 19.4 Å². The van der Waals surface area contributed by atoms with Crippen LogP contribution in [0.1, 0.15) is 24.1 Å². The molecule has 1 atom stereocenters. The molecule has 0 bridgehead atoms. The predicted molar refractivity (Wildman–Crippen MR) is 69.6 cm³/mol. The molecule has 3 heteroatoms. The van der Waals surface area contributed by atoms with Crippen LogP contribution in [0.5, 0.6) is 5.75 Å². The normalized spacial score (nSPS) is 19.4. The lowest BCUT2D eigenvalue weighted by molar-refractivity contribution is 0.415. The van der Waals surface area contributed by atoms with Crippen molar-refractivity contribution < 1.29 is 4.74 Å². The summed E-state index contributed by atoms with van der Waals surface area (Å²) >= 11 is 0. The number of fused-ring (bicyclic) bond motifs is 3. The molecule has 1 aliphatic heterocycles. The third-order valence-corrected chi connectivity index (χ3v) is 3.78. The van der Waals surface area contributed by atoms with E-state index in [-0.39, 0.29) is 0 Å². The summed E-state index contributed by atoms with van der Waals surface area (Å²) in [5.74, 6) is 1.51. The third-order valence-electron chi connectivity index (χ3n) is 3.78. The van der Waals surface area contributed by atoms with Crippen molar-refractivity contribution in [3.63, 3.8) is 0 Å². The smallest absolute Gasteiger partial charge is 0.119 e. The summed E-state index contributed by atoms with van der Waals surface area (Å²) in [6.45, 7) is 4.31.